The van der Waals surface area contributed by atoms with Crippen LogP contribution in [0.25, 0.3) is 0 Å². The molecule has 0 saturated carbocycles. The Morgan fingerprint density at radius 1 is 1.03 bits per heavy atom. The van der Waals surface area contributed by atoms with Crippen LogP contribution in [0, 0.1) is 0 Å². The maximum absolute atomic E-state index is 11.9. The number of amides is 3. The Morgan fingerprint density at radius 2 is 1.69 bits per heavy atom. The molecule has 192 valence electrons. The average Bonchev–Trinajstić information content (AvgIpc) is 3.36. The van der Waals surface area contributed by atoms with Gasteiger partial charge in [0.1, 0.15) is 31.5 Å². The topological polar surface area (TPSA) is 205 Å². The van der Waals surface area contributed by atoms with E-state index in [1.165, 1.54) is 6.34 Å². The summed E-state index contributed by atoms with van der Waals surface area (Å²) in [6.07, 6.45) is -6.26. The van der Waals surface area contributed by atoms with Gasteiger partial charge >= 0.3 is 12.2 Å². The van der Waals surface area contributed by atoms with Crippen LogP contribution in [-0.4, -0.2) is 101 Å². The summed E-state index contributed by atoms with van der Waals surface area (Å²) in [4.78, 5) is 34.9. The molecule has 1 aromatic rings. The molecule has 2 aliphatic rings. The Morgan fingerprint density at radius 3 is 2.31 bits per heavy atom. The molecule has 3 amide bonds. The van der Waals surface area contributed by atoms with Gasteiger partial charge in [-0.1, -0.05) is 30.3 Å². The van der Waals surface area contributed by atoms with Crippen molar-refractivity contribution in [2.75, 3.05) is 19.7 Å². The molecule has 0 bridgehead atoms. The van der Waals surface area contributed by atoms with Gasteiger partial charge in [0.05, 0.1) is 0 Å². The lowest BCUT2D eigenvalue weighted by Crippen LogP contribution is -2.49. The third-order valence-electron chi connectivity index (χ3n) is 5.43. The molecule has 1 aromatic carbocycles. The number of alkyl carbamates (subject to hydrolysis) is 2. The number of hydrogen-bond acceptors (Lipinski definition) is 10. The summed E-state index contributed by atoms with van der Waals surface area (Å²) in [7, 11) is 0. The Bertz CT molecular complexity index is 916. The number of rotatable bonds is 10. The third-order valence-corrected chi connectivity index (χ3v) is 5.43. The molecule has 0 spiro atoms. The first-order chi connectivity index (χ1) is 16.8. The number of aliphatic hydroxyl groups excluding tert-OH is 3. The predicted molar refractivity (Wildman–Crippen MR) is 118 cm³/mol. The van der Waals surface area contributed by atoms with E-state index in [-0.39, 0.29) is 26.3 Å². The average molecular weight is 496 g/mol. The monoisotopic (exact) mass is 496 g/mol. The van der Waals surface area contributed by atoms with Gasteiger partial charge in [0.25, 0.3) is 5.91 Å². The van der Waals surface area contributed by atoms with E-state index in [0.717, 1.165) is 10.1 Å². The second kappa shape index (κ2) is 12.3. The summed E-state index contributed by atoms with van der Waals surface area (Å²) >= 11 is 0. The van der Waals surface area contributed by atoms with Crippen LogP contribution in [0.3, 0.4) is 0 Å². The molecule has 0 aliphatic carbocycles. The number of ether oxygens (including phenoxy) is 3. The molecular formula is C21H30N5O9+. The maximum atomic E-state index is 11.9. The van der Waals surface area contributed by atoms with E-state index in [1.54, 1.807) is 0 Å². The molecule has 35 heavy (non-hydrogen) atoms. The van der Waals surface area contributed by atoms with E-state index >= 15 is 0 Å². The number of carbonyl (C=O) groups excluding carboxylic acids is 3. The molecule has 2 aliphatic heterocycles. The number of carbonyl (C=O) groups is 3. The van der Waals surface area contributed by atoms with Crippen molar-refractivity contribution in [1.82, 2.24) is 16.0 Å². The Balaban J connectivity index is 1.30. The fourth-order valence-corrected chi connectivity index (χ4v) is 3.52. The normalized spacial score (nSPS) is 27.5. The minimum Gasteiger partial charge on any atom is -0.447 e. The molecule has 1 fully saturated rings. The number of nitrogens with zero attached hydrogens (tertiary/aromatic N) is 1. The molecule has 2 unspecified atom stereocenters. The zero-order chi connectivity index (χ0) is 25.4. The van der Waals surface area contributed by atoms with E-state index in [2.05, 4.69) is 16.0 Å². The van der Waals surface area contributed by atoms with Crippen molar-refractivity contribution < 1.29 is 48.5 Å². The zero-order valence-electron chi connectivity index (χ0n) is 18.8. The van der Waals surface area contributed by atoms with Crippen molar-refractivity contribution in [3.63, 3.8) is 0 Å². The first kappa shape index (κ1) is 26.2. The van der Waals surface area contributed by atoms with Gasteiger partial charge in [-0.3, -0.25) is 10.1 Å². The van der Waals surface area contributed by atoms with E-state index in [9.17, 15) is 29.7 Å². The van der Waals surface area contributed by atoms with Crippen LogP contribution in [-0.2, 0) is 25.6 Å². The molecule has 0 aromatic heterocycles. The van der Waals surface area contributed by atoms with Gasteiger partial charge in [-0.2, -0.15) is 0 Å². The minimum atomic E-state index is -1.45. The first-order valence-corrected chi connectivity index (χ1v) is 11.0. The lowest BCUT2D eigenvalue weighted by molar-refractivity contribution is -0.670. The highest BCUT2D eigenvalue weighted by Gasteiger charge is 2.52. The first-order valence-electron chi connectivity index (χ1n) is 11.0. The minimum absolute atomic E-state index is 0.152. The number of primary amides is 1. The van der Waals surface area contributed by atoms with Gasteiger partial charge in [-0.25, -0.2) is 14.2 Å². The number of hydrogen-bond donors (Lipinski definition) is 7. The third kappa shape index (κ3) is 7.02. The van der Waals surface area contributed by atoms with Crippen molar-refractivity contribution in [2.45, 2.75) is 49.8 Å². The van der Waals surface area contributed by atoms with E-state index < -0.39 is 54.9 Å². The summed E-state index contributed by atoms with van der Waals surface area (Å²) in [5.41, 5.74) is 6.04. The fraction of sp³-hybridized carbons (Fsp3) is 0.524. The fourth-order valence-electron chi connectivity index (χ4n) is 3.52. The van der Waals surface area contributed by atoms with Gasteiger partial charge in [0, 0.05) is 13.1 Å². The smallest absolute Gasteiger partial charge is 0.407 e. The van der Waals surface area contributed by atoms with E-state index in [4.69, 9.17) is 19.9 Å². The van der Waals surface area contributed by atoms with Crippen molar-refractivity contribution >= 4 is 24.4 Å². The number of aliphatic hydroxyl groups is 3. The van der Waals surface area contributed by atoms with Gasteiger partial charge in [-0.05, 0) is 12.0 Å². The summed E-state index contributed by atoms with van der Waals surface area (Å²) in [5.74, 6) is -0.805. The Kier molecular flexibility index (Phi) is 9.19. The van der Waals surface area contributed by atoms with Crippen LogP contribution in [0.1, 0.15) is 12.0 Å². The van der Waals surface area contributed by atoms with Crippen molar-refractivity contribution in [1.29, 1.82) is 0 Å². The number of nitrogens with two attached hydrogens (primary N) is 1. The van der Waals surface area contributed by atoms with Crippen molar-refractivity contribution in [2.24, 2.45) is 5.73 Å². The summed E-state index contributed by atoms with van der Waals surface area (Å²) in [5, 5.41) is 38.2. The summed E-state index contributed by atoms with van der Waals surface area (Å²) in [6.45, 7) is 0.244. The van der Waals surface area contributed by atoms with Crippen LogP contribution < -0.4 is 21.7 Å². The van der Waals surface area contributed by atoms with Gasteiger partial charge in [0.2, 0.25) is 24.8 Å². The molecule has 2 heterocycles. The number of benzene rings is 1. The quantitative estimate of drug-likeness (QED) is 0.132. The molecule has 8 N–H and O–H groups in total. The predicted octanol–water partition coefficient (Wildman–Crippen LogP) is -2.71. The van der Waals surface area contributed by atoms with Gasteiger partial charge < -0.3 is 45.9 Å². The van der Waals surface area contributed by atoms with Gasteiger partial charge in [-0.15, -0.1) is 0 Å². The van der Waals surface area contributed by atoms with Crippen molar-refractivity contribution in [3.05, 3.63) is 35.9 Å². The molecular weight excluding hydrogens is 466 g/mol. The molecule has 14 nitrogen and oxygen atoms in total. The lowest BCUT2D eigenvalue weighted by Gasteiger charge is -2.18. The second-order valence-electron chi connectivity index (χ2n) is 7.95. The van der Waals surface area contributed by atoms with Crippen LogP contribution >= 0.6 is 0 Å². The van der Waals surface area contributed by atoms with Crippen molar-refractivity contribution in [3.8, 4) is 0 Å². The van der Waals surface area contributed by atoms with Crippen LogP contribution in [0.5, 0.6) is 0 Å². The maximum Gasteiger partial charge on any atom is 0.407 e. The summed E-state index contributed by atoms with van der Waals surface area (Å²) < 4.78 is 16.7. The van der Waals surface area contributed by atoms with Crippen LogP contribution in [0.15, 0.2) is 30.3 Å². The Hall–Kier alpha value is -3.46. The highest BCUT2D eigenvalue weighted by molar-refractivity contribution is 5.83. The molecule has 3 rings (SSSR count). The van der Waals surface area contributed by atoms with Crippen LogP contribution in [0.4, 0.5) is 9.59 Å². The highest BCUT2D eigenvalue weighted by Crippen LogP contribution is 2.24. The molecule has 14 heteroatoms. The zero-order valence-corrected chi connectivity index (χ0v) is 18.8. The highest BCUT2D eigenvalue weighted by atomic mass is 16.6. The molecule has 6 atom stereocenters. The summed E-state index contributed by atoms with van der Waals surface area (Å²) in [6, 6.07) is 8.12. The molecule has 1 saturated heterocycles. The largest absolute Gasteiger partial charge is 0.447 e. The SMILES string of the molecule is NC(=O)C1NC=[N+]([C@@H]2O[C@H](COC(=O)NCCCNC(=O)OCc3ccccc3)[C@@H](O)[C@H]2O)C1O. The number of nitrogens with one attached hydrogen (secondary N) is 3. The standard InChI is InChI=1S/C21H29N5O9/c22-17(29)14-18(30)26(11-25-14)19-16(28)15(27)13(35-19)10-34-21(32)24-8-4-7-23-20(31)33-9-12-5-2-1-3-6-12/h1-3,5-6,11,13-16,18-19,27-28,30H,4,7-10H2,(H4,22,23,24,29,31,32)/p+1/t13-,14?,15-,16-,18?,19-/m1/s1. The second-order valence-corrected chi connectivity index (χ2v) is 7.95. The van der Waals surface area contributed by atoms with Gasteiger partial charge in [0.15, 0.2) is 0 Å². The van der Waals surface area contributed by atoms with E-state index in [1.807, 2.05) is 30.3 Å². The molecule has 0 radical (unpaired) electrons. The van der Waals surface area contributed by atoms with E-state index in [0.29, 0.717) is 6.42 Å². The van der Waals surface area contributed by atoms with Crippen LogP contribution in [0.2, 0.25) is 0 Å². The lowest BCUT2D eigenvalue weighted by atomic mass is 10.1. The Labute approximate surface area is 200 Å².